The number of aliphatic imine (C=N–C) groups is 1. The summed E-state index contributed by atoms with van der Waals surface area (Å²) in [7, 11) is 5.48. The maximum atomic E-state index is 5.56. The second kappa shape index (κ2) is 7.63. The Morgan fingerprint density at radius 3 is 2.36 bits per heavy atom. The zero-order valence-electron chi connectivity index (χ0n) is 15.2. The van der Waals surface area contributed by atoms with Gasteiger partial charge in [0, 0.05) is 45.6 Å². The molecule has 1 aromatic rings. The Kier molecular flexibility index (Phi) is 6.41. The summed E-state index contributed by atoms with van der Waals surface area (Å²) in [6, 6.07) is 0. The van der Waals surface area contributed by atoms with Gasteiger partial charge < -0.3 is 15.4 Å². The van der Waals surface area contributed by atoms with Crippen LogP contribution in [0.25, 0.3) is 0 Å². The zero-order valence-corrected chi connectivity index (χ0v) is 15.2. The average molecular weight is 309 g/mol. The van der Waals surface area contributed by atoms with Crippen LogP contribution in [0.3, 0.4) is 0 Å². The molecule has 6 nitrogen and oxygen atoms in total. The number of ether oxygens (including phenoxy) is 1. The van der Waals surface area contributed by atoms with Gasteiger partial charge in [-0.3, -0.25) is 9.67 Å². The quantitative estimate of drug-likeness (QED) is 0.643. The fourth-order valence-electron chi connectivity index (χ4n) is 2.40. The van der Waals surface area contributed by atoms with E-state index in [-0.39, 0.29) is 11.5 Å². The molecule has 1 unspecified atom stereocenters. The van der Waals surface area contributed by atoms with E-state index in [1.165, 1.54) is 11.3 Å². The lowest BCUT2D eigenvalue weighted by atomic mass is 9.89. The second-order valence-electron chi connectivity index (χ2n) is 6.67. The molecule has 2 N–H and O–H groups in total. The average Bonchev–Trinajstić information content (AvgIpc) is 2.66. The van der Waals surface area contributed by atoms with Crippen molar-refractivity contribution in [1.82, 2.24) is 20.4 Å². The first kappa shape index (κ1) is 18.5. The maximum absolute atomic E-state index is 5.56. The molecule has 0 aliphatic heterocycles. The van der Waals surface area contributed by atoms with Gasteiger partial charge in [0.2, 0.25) is 0 Å². The molecule has 22 heavy (non-hydrogen) atoms. The molecule has 0 amide bonds. The summed E-state index contributed by atoms with van der Waals surface area (Å²) in [4.78, 5) is 4.27. The third kappa shape index (κ3) is 4.73. The summed E-state index contributed by atoms with van der Waals surface area (Å²) in [5, 5.41) is 11.1. The summed E-state index contributed by atoms with van der Waals surface area (Å²) in [6.45, 7) is 12.0. The van der Waals surface area contributed by atoms with Crippen LogP contribution in [0.4, 0.5) is 0 Å². The molecule has 0 aliphatic carbocycles. The minimum atomic E-state index is 0.0805. The van der Waals surface area contributed by atoms with E-state index in [0.29, 0.717) is 13.1 Å². The Bertz CT molecular complexity index is 513. The highest BCUT2D eigenvalue weighted by molar-refractivity contribution is 5.79. The number of hydrogen-bond donors (Lipinski definition) is 2. The number of nitrogens with one attached hydrogen (secondary N) is 2. The van der Waals surface area contributed by atoms with E-state index in [1.807, 2.05) is 18.7 Å². The maximum Gasteiger partial charge on any atom is 0.191 e. The Balaban J connectivity index is 2.60. The van der Waals surface area contributed by atoms with Crippen molar-refractivity contribution in [3.63, 3.8) is 0 Å². The number of hydrogen-bond acceptors (Lipinski definition) is 3. The predicted octanol–water partition coefficient (Wildman–Crippen LogP) is 1.76. The van der Waals surface area contributed by atoms with Crippen molar-refractivity contribution in [3.8, 4) is 0 Å². The van der Waals surface area contributed by atoms with E-state index < -0.39 is 0 Å². The first-order valence-corrected chi connectivity index (χ1v) is 7.67. The minimum Gasteiger partial charge on any atom is -0.379 e. The summed E-state index contributed by atoms with van der Waals surface area (Å²) in [6.07, 6.45) is 0.118. The lowest BCUT2D eigenvalue weighted by molar-refractivity contribution is 0.0205. The van der Waals surface area contributed by atoms with Gasteiger partial charge in [0.05, 0.1) is 11.8 Å². The topological polar surface area (TPSA) is 63.5 Å². The van der Waals surface area contributed by atoms with Crippen molar-refractivity contribution >= 4 is 5.96 Å². The molecule has 0 fully saturated rings. The lowest BCUT2D eigenvalue weighted by Gasteiger charge is -2.30. The zero-order chi connectivity index (χ0) is 16.9. The van der Waals surface area contributed by atoms with E-state index >= 15 is 0 Å². The van der Waals surface area contributed by atoms with Crippen LogP contribution < -0.4 is 10.6 Å². The van der Waals surface area contributed by atoms with Crippen LogP contribution in [0.1, 0.15) is 37.7 Å². The molecule has 0 radical (unpaired) electrons. The molecule has 0 saturated carbocycles. The van der Waals surface area contributed by atoms with E-state index in [2.05, 4.69) is 48.4 Å². The second-order valence-corrected chi connectivity index (χ2v) is 6.67. The molecule has 0 bridgehead atoms. The molecular weight excluding hydrogens is 278 g/mol. The largest absolute Gasteiger partial charge is 0.379 e. The minimum absolute atomic E-state index is 0.0805. The molecule has 0 saturated heterocycles. The third-order valence-corrected chi connectivity index (χ3v) is 4.02. The van der Waals surface area contributed by atoms with Gasteiger partial charge in [-0.15, -0.1) is 0 Å². The first-order valence-electron chi connectivity index (χ1n) is 7.67. The molecular formula is C16H31N5O. The highest BCUT2D eigenvalue weighted by Gasteiger charge is 2.24. The smallest absolute Gasteiger partial charge is 0.191 e. The fourth-order valence-corrected chi connectivity index (χ4v) is 2.40. The van der Waals surface area contributed by atoms with Gasteiger partial charge in [-0.25, -0.2) is 0 Å². The van der Waals surface area contributed by atoms with Gasteiger partial charge in [0.25, 0.3) is 0 Å². The van der Waals surface area contributed by atoms with Crippen LogP contribution in [0.15, 0.2) is 4.99 Å². The Labute approximate surface area is 134 Å². The van der Waals surface area contributed by atoms with Crippen LogP contribution in [0, 0.1) is 19.3 Å². The molecule has 0 spiro atoms. The third-order valence-electron chi connectivity index (χ3n) is 4.02. The summed E-state index contributed by atoms with van der Waals surface area (Å²) >= 11 is 0. The Morgan fingerprint density at radius 2 is 1.95 bits per heavy atom. The van der Waals surface area contributed by atoms with Crippen molar-refractivity contribution < 1.29 is 4.74 Å². The highest BCUT2D eigenvalue weighted by atomic mass is 16.5. The van der Waals surface area contributed by atoms with Gasteiger partial charge in [-0.2, -0.15) is 5.10 Å². The Hall–Kier alpha value is -1.56. The molecule has 0 aromatic carbocycles. The van der Waals surface area contributed by atoms with Gasteiger partial charge in [-0.05, 0) is 19.3 Å². The first-order chi connectivity index (χ1) is 10.2. The summed E-state index contributed by atoms with van der Waals surface area (Å²) in [5.74, 6) is 0.772. The molecule has 1 atom stereocenters. The summed E-state index contributed by atoms with van der Waals surface area (Å²) < 4.78 is 7.46. The van der Waals surface area contributed by atoms with Crippen LogP contribution in [0.5, 0.6) is 0 Å². The van der Waals surface area contributed by atoms with E-state index in [4.69, 9.17) is 4.74 Å². The highest BCUT2D eigenvalue weighted by Crippen LogP contribution is 2.20. The number of nitrogens with zero attached hydrogens (tertiary/aromatic N) is 3. The molecule has 0 aliphatic rings. The molecule has 1 rings (SSSR count). The van der Waals surface area contributed by atoms with E-state index in [9.17, 15) is 0 Å². The van der Waals surface area contributed by atoms with Gasteiger partial charge in [0.1, 0.15) is 0 Å². The number of rotatable bonds is 5. The number of aryl methyl sites for hydroxylation is 2. The van der Waals surface area contributed by atoms with Crippen molar-refractivity contribution in [2.45, 2.75) is 47.3 Å². The number of guanidine groups is 1. The van der Waals surface area contributed by atoms with E-state index in [0.717, 1.165) is 11.7 Å². The number of methoxy groups -OCH3 is 1. The molecule has 6 heteroatoms. The Morgan fingerprint density at radius 1 is 1.32 bits per heavy atom. The van der Waals surface area contributed by atoms with Gasteiger partial charge >= 0.3 is 0 Å². The normalized spacial score (nSPS) is 14.1. The molecule has 1 heterocycles. The summed E-state index contributed by atoms with van der Waals surface area (Å²) in [5.41, 5.74) is 3.51. The molecule has 1 aromatic heterocycles. The van der Waals surface area contributed by atoms with Crippen molar-refractivity contribution in [2.75, 3.05) is 20.7 Å². The van der Waals surface area contributed by atoms with Crippen molar-refractivity contribution in [3.05, 3.63) is 17.0 Å². The SMILES string of the molecule is CN=C(NCc1c(C)nn(C)c1C)NCC(OC)C(C)(C)C. The van der Waals surface area contributed by atoms with Crippen molar-refractivity contribution in [2.24, 2.45) is 17.5 Å². The lowest BCUT2D eigenvalue weighted by Crippen LogP contribution is -2.45. The van der Waals surface area contributed by atoms with Crippen LogP contribution in [-0.2, 0) is 18.3 Å². The van der Waals surface area contributed by atoms with Crippen molar-refractivity contribution in [1.29, 1.82) is 0 Å². The van der Waals surface area contributed by atoms with Gasteiger partial charge in [-0.1, -0.05) is 20.8 Å². The monoisotopic (exact) mass is 309 g/mol. The molecule has 126 valence electrons. The fraction of sp³-hybridized carbons (Fsp3) is 0.750. The van der Waals surface area contributed by atoms with Gasteiger partial charge in [0.15, 0.2) is 5.96 Å². The van der Waals surface area contributed by atoms with Crippen LogP contribution in [0.2, 0.25) is 0 Å². The standard InChI is InChI=1S/C16H31N5O/c1-11-13(12(2)21(7)20-11)9-18-15(17-6)19-10-14(22-8)16(3,4)5/h14H,9-10H2,1-8H3,(H2,17,18,19). The number of aromatic nitrogens is 2. The van der Waals surface area contributed by atoms with Crippen LogP contribution >= 0.6 is 0 Å². The van der Waals surface area contributed by atoms with Crippen LogP contribution in [-0.4, -0.2) is 42.5 Å². The van der Waals surface area contributed by atoms with E-state index in [1.54, 1.807) is 14.2 Å². The predicted molar refractivity (Wildman–Crippen MR) is 91.1 cm³/mol.